The number of amides is 3. The van der Waals surface area contributed by atoms with Gasteiger partial charge >= 0.3 is 6.18 Å². The number of hydrogen-bond acceptors (Lipinski definition) is 22. The first-order chi connectivity index (χ1) is 59.8. The largest absolute Gasteiger partial charge is 0.496 e. The van der Waals surface area contributed by atoms with Crippen LogP contribution in [-0.4, -0.2) is 104 Å². The summed E-state index contributed by atoms with van der Waals surface area (Å²) in [5.41, 5.74) is 9.12. The number of anilines is 12. The number of carbonyl (C=O) groups excluding carboxylic acids is 3. The fourth-order valence-electron chi connectivity index (χ4n) is 15.8. The van der Waals surface area contributed by atoms with Gasteiger partial charge in [0.2, 0.25) is 35.6 Å². The van der Waals surface area contributed by atoms with Crippen LogP contribution >= 0.6 is 0 Å². The molecule has 3 atom stereocenters. The summed E-state index contributed by atoms with van der Waals surface area (Å²) in [7, 11) is -7.02. The van der Waals surface area contributed by atoms with Crippen LogP contribution in [0.2, 0.25) is 0 Å². The Morgan fingerprint density at radius 3 is 1.07 bits per heavy atom. The Balaban J connectivity index is 0.000000138. The Kier molecular flexibility index (Phi) is 24.1. The van der Waals surface area contributed by atoms with Crippen LogP contribution in [-0.2, 0) is 66.0 Å². The lowest BCUT2D eigenvalue weighted by Gasteiger charge is -2.21. The zero-order chi connectivity index (χ0) is 86.4. The highest BCUT2D eigenvalue weighted by atomic mass is 32.2. The van der Waals surface area contributed by atoms with Crippen LogP contribution in [0.15, 0.2) is 252 Å². The number of fused-ring (bicyclic) bond motifs is 12. The number of halogens is 3. The predicted molar refractivity (Wildman–Crippen MR) is 481 cm³/mol. The van der Waals surface area contributed by atoms with Crippen molar-refractivity contribution < 1.29 is 44.9 Å². The predicted octanol–water partition coefficient (Wildman–Crippen LogP) is 19.8. The molecule has 3 aliphatic carbocycles. The second-order valence-corrected chi connectivity index (χ2v) is 38.5. The number of hydrogen-bond donors (Lipinski definition) is 12. The zero-order valence-electron chi connectivity index (χ0n) is 68.1. The van der Waals surface area contributed by atoms with Gasteiger partial charge in [0.05, 0.1) is 58.1 Å². The lowest BCUT2D eigenvalue weighted by Crippen LogP contribution is -2.30. The molecule has 3 aliphatic heterocycles. The average molecular weight is 1730 g/mol. The summed E-state index contributed by atoms with van der Waals surface area (Å²) in [6.07, 6.45) is 8.78. The van der Waals surface area contributed by atoms with Gasteiger partial charge < -0.3 is 52.6 Å². The van der Waals surface area contributed by atoms with Crippen LogP contribution in [0, 0.1) is 21.3 Å². The van der Waals surface area contributed by atoms with E-state index in [1.165, 1.54) is 18.2 Å². The van der Waals surface area contributed by atoms with Gasteiger partial charge in [-0.15, -0.1) is 0 Å². The number of rotatable bonds is 13. The first-order valence-electron chi connectivity index (χ1n) is 41.1. The summed E-state index contributed by atoms with van der Waals surface area (Å²) >= 11 is 0. The molecular formula is C93H93F3N18O7S3. The number of ether oxygens (including phenoxy) is 1. The van der Waals surface area contributed by atoms with Crippen molar-refractivity contribution in [1.29, 1.82) is 14.3 Å². The van der Waals surface area contributed by atoms with Crippen LogP contribution in [0.25, 0.3) is 33.4 Å². The van der Waals surface area contributed by atoms with E-state index in [0.717, 1.165) is 101 Å². The number of benzene rings is 9. The fourth-order valence-corrected chi connectivity index (χ4v) is 20.2. The number of nitrogens with zero attached hydrogens (tertiary/aromatic N) is 6. The maximum Gasteiger partial charge on any atom is 0.416 e. The summed E-state index contributed by atoms with van der Waals surface area (Å²) < 4.78 is 110. The third-order valence-electron chi connectivity index (χ3n) is 23.2. The van der Waals surface area contributed by atoms with Gasteiger partial charge in [-0.05, 0) is 220 Å². The Morgan fingerprint density at radius 1 is 0.403 bits per heavy atom. The van der Waals surface area contributed by atoms with Gasteiger partial charge in [-0.25, -0.2) is 41.9 Å². The van der Waals surface area contributed by atoms with Crippen molar-refractivity contribution in [1.82, 2.24) is 29.9 Å². The number of nitrogens with one attached hydrogen (secondary N) is 12. The smallest absolute Gasteiger partial charge is 0.416 e. The van der Waals surface area contributed by atoms with Gasteiger partial charge in [-0.2, -0.15) is 28.1 Å². The van der Waals surface area contributed by atoms with Crippen molar-refractivity contribution in [2.24, 2.45) is 0 Å². The number of para-hydroxylation sites is 1. The van der Waals surface area contributed by atoms with Crippen molar-refractivity contribution in [2.45, 2.75) is 121 Å². The molecule has 12 bridgehead atoms. The molecule has 12 aromatic rings. The topological polar surface area (TPSA) is 369 Å². The Labute approximate surface area is 717 Å². The van der Waals surface area contributed by atoms with Crippen molar-refractivity contribution in [3.05, 3.63) is 265 Å². The van der Waals surface area contributed by atoms with E-state index in [1.807, 2.05) is 97.1 Å². The molecule has 0 spiro atoms. The third-order valence-corrected chi connectivity index (χ3v) is 28.8. The molecule has 6 heterocycles. The molecule has 3 fully saturated rings. The lowest BCUT2D eigenvalue weighted by atomic mass is 9.90. The van der Waals surface area contributed by atoms with Crippen LogP contribution in [0.4, 0.5) is 82.6 Å². The number of carbonyl (C=O) groups is 3. The molecule has 9 aromatic carbocycles. The van der Waals surface area contributed by atoms with E-state index < -0.39 is 63.1 Å². The Hall–Kier alpha value is -13.1. The molecule has 3 aromatic heterocycles. The molecule has 124 heavy (non-hydrogen) atoms. The van der Waals surface area contributed by atoms with E-state index in [4.69, 9.17) is 29.0 Å². The Morgan fingerprint density at radius 2 is 0.726 bits per heavy atom. The number of alkyl halides is 3. The van der Waals surface area contributed by atoms with Gasteiger partial charge in [-0.1, -0.05) is 115 Å². The molecule has 0 radical (unpaired) electrons. The molecule has 31 heteroatoms. The highest BCUT2D eigenvalue weighted by Crippen LogP contribution is 2.55. The number of aryl methyl sites for hydroxylation is 1. The van der Waals surface area contributed by atoms with Gasteiger partial charge in [0, 0.05) is 127 Å². The van der Waals surface area contributed by atoms with E-state index in [-0.39, 0.29) is 23.1 Å². The molecule has 0 saturated heterocycles. The Bertz CT molecular complexity index is 6400. The minimum atomic E-state index is -4.55. The van der Waals surface area contributed by atoms with Gasteiger partial charge in [0.1, 0.15) is 23.2 Å². The van der Waals surface area contributed by atoms with Gasteiger partial charge in [-0.3, -0.25) is 14.4 Å². The summed E-state index contributed by atoms with van der Waals surface area (Å²) in [5, 5.41) is 28.7. The van der Waals surface area contributed by atoms with E-state index >= 15 is 0 Å². The number of aromatic nitrogens is 6. The molecule has 6 aliphatic rings. The molecule has 18 rings (SSSR count). The fraction of sp³-hybridized carbons (Fsp3) is 0.258. The minimum Gasteiger partial charge on any atom is -0.496 e. The molecule has 12 N–H and O–H groups in total. The molecule has 25 nitrogen and oxygen atoms in total. The van der Waals surface area contributed by atoms with Crippen LogP contribution in [0.5, 0.6) is 5.75 Å². The van der Waals surface area contributed by atoms with E-state index in [2.05, 4.69) is 86.8 Å². The van der Waals surface area contributed by atoms with Crippen molar-refractivity contribution in [2.75, 3.05) is 91.9 Å². The third kappa shape index (κ3) is 18.9. The van der Waals surface area contributed by atoms with Gasteiger partial charge in [0.25, 0.3) is 0 Å². The number of methoxy groups -OCH3 is 1. The molecule has 636 valence electrons. The first kappa shape index (κ1) is 84.5. The highest BCUT2D eigenvalue weighted by Gasteiger charge is 2.56. The van der Waals surface area contributed by atoms with Gasteiger partial charge in [0.15, 0.2) is 0 Å². The maximum absolute atomic E-state index is 13.6. The normalized spacial score (nSPS) is 19.4. The zero-order valence-corrected chi connectivity index (χ0v) is 70.6. The minimum absolute atomic E-state index is 0.00495. The highest BCUT2D eigenvalue weighted by molar-refractivity contribution is 7.93. The lowest BCUT2D eigenvalue weighted by molar-refractivity contribution is -0.138. The van der Waals surface area contributed by atoms with E-state index in [1.54, 1.807) is 111 Å². The molecular weight excluding hydrogens is 1630 g/mol. The SMILES string of the molecule is COc1ccccc1C1(C(=O)Nc2ccc(-c3cnc4nc3NCCCCS(=N)(=O)c3cccc(c3)N4)cc2)CC1.Cc1ccccc1C1(C(=O)Nc2ccc(-c3cnc4nc3NCCCCS(=N)(=O)c3cccc(c3)N4)cc2)CC1.N=S1(=O)CCCCNc2nc(ncc2-c2ccc(NC(=O)C3(c4ccccc4C(F)(F)F)CC3)cc2)Nc2cccc1c2. The standard InChI is InChI=1S/C31H29F3N6O2S.C31H32N6O3S.C31H32N6O2S/c32-31(33,34)26-9-2-1-8-25(26)30(14-15-30)28(41)38-21-12-10-20(11-13-21)24-19-37-29-39-22-6-5-7-23(18-22)43(35,42)17-4-3-16-36-27(24)40-29;1-40-27-10-3-2-9-26(27)31(15-16-31)29(38)35-22-13-11-21(12-14-22)25-20-34-30-36-23-7-6-8-24(19-23)41(32,39)18-5-4-17-33-28(25)37-30;1-21-7-2-3-10-27(21)31(15-16-31)29(38)35-23-13-11-22(12-14-23)26-20-34-30-36-24-8-6-9-25(19-24)40(32,39)18-5-4-17-33-28(26)37-30/h1-2,5-13,18-19,35H,3-4,14-17H2,(H,38,41)(H2,36,37,39,40);2-3,6-14,19-20,32H,4-5,15-18H2,1H3,(H,35,38)(H2,33,34,36,37);2-3,6-14,19-20,32H,4-5,15-18H2,1H3,(H,35,38)(H2,33,34,36,37). The van der Waals surface area contributed by atoms with Crippen molar-refractivity contribution in [3.63, 3.8) is 0 Å². The monoisotopic (exact) mass is 1730 g/mol. The maximum atomic E-state index is 13.6. The summed E-state index contributed by atoms with van der Waals surface area (Å²) in [4.78, 5) is 69.0. The van der Waals surface area contributed by atoms with E-state index in [0.29, 0.717) is 154 Å². The summed E-state index contributed by atoms with van der Waals surface area (Å²) in [5.74, 6) is 4.23. The molecule has 3 amide bonds. The van der Waals surface area contributed by atoms with Crippen molar-refractivity contribution in [3.8, 4) is 39.1 Å². The first-order valence-corrected chi connectivity index (χ1v) is 46.3. The quantitative estimate of drug-likeness (QED) is 0.0510. The summed E-state index contributed by atoms with van der Waals surface area (Å²) in [6, 6.07) is 64.7. The van der Waals surface area contributed by atoms with Crippen LogP contribution < -0.4 is 52.6 Å². The summed E-state index contributed by atoms with van der Waals surface area (Å²) in [6.45, 7) is 3.86. The molecule has 3 saturated carbocycles. The second-order valence-electron chi connectivity index (χ2n) is 31.8. The van der Waals surface area contributed by atoms with Crippen LogP contribution in [0.3, 0.4) is 0 Å². The second kappa shape index (κ2) is 35.4. The van der Waals surface area contributed by atoms with Crippen molar-refractivity contribution >= 4 is 116 Å². The average Bonchev–Trinajstić information content (AvgIpc) is 1.59. The van der Waals surface area contributed by atoms with Crippen LogP contribution in [0.1, 0.15) is 105 Å². The molecule has 3 unspecified atom stereocenters. The van der Waals surface area contributed by atoms with E-state index in [9.17, 15) is 40.2 Å².